The number of Topliss-reactive ketones (excluding diaryl/α,β-unsaturated/α-hetero) is 1. The second-order valence-corrected chi connectivity index (χ2v) is 4.47. The standard InChI is InChI=1S/C15H17NO2/c1-3-15(18,4-2)14(17)12-7-5-6-11-8-9-16-10-13(11)12/h5-10,18H,3-4H2,1-2H3. The summed E-state index contributed by atoms with van der Waals surface area (Å²) in [6.07, 6.45) is 4.20. The fourth-order valence-corrected chi connectivity index (χ4v) is 2.13. The summed E-state index contributed by atoms with van der Waals surface area (Å²) >= 11 is 0. The molecule has 1 aromatic heterocycles. The molecular weight excluding hydrogens is 226 g/mol. The summed E-state index contributed by atoms with van der Waals surface area (Å²) in [5.74, 6) is -0.217. The fourth-order valence-electron chi connectivity index (χ4n) is 2.13. The van der Waals surface area contributed by atoms with E-state index in [-0.39, 0.29) is 5.78 Å². The summed E-state index contributed by atoms with van der Waals surface area (Å²) in [5.41, 5.74) is -0.726. The van der Waals surface area contributed by atoms with E-state index in [0.717, 1.165) is 10.8 Å². The zero-order valence-electron chi connectivity index (χ0n) is 10.7. The molecule has 3 heteroatoms. The predicted octanol–water partition coefficient (Wildman–Crippen LogP) is 2.97. The molecule has 18 heavy (non-hydrogen) atoms. The highest BCUT2D eigenvalue weighted by Crippen LogP contribution is 2.25. The fraction of sp³-hybridized carbons (Fsp3) is 0.333. The molecule has 0 unspecified atom stereocenters. The normalized spacial score (nSPS) is 11.7. The van der Waals surface area contributed by atoms with E-state index >= 15 is 0 Å². The molecule has 0 saturated heterocycles. The zero-order chi connectivity index (χ0) is 13.2. The second-order valence-electron chi connectivity index (χ2n) is 4.47. The third kappa shape index (κ3) is 2.02. The average Bonchev–Trinajstić information content (AvgIpc) is 2.45. The van der Waals surface area contributed by atoms with Crippen molar-refractivity contribution in [1.29, 1.82) is 0 Å². The first-order valence-corrected chi connectivity index (χ1v) is 6.22. The molecule has 0 fully saturated rings. The van der Waals surface area contributed by atoms with Gasteiger partial charge in [0.15, 0.2) is 5.78 Å². The lowest BCUT2D eigenvalue weighted by atomic mass is 9.86. The van der Waals surface area contributed by atoms with Crippen molar-refractivity contribution in [3.05, 3.63) is 42.2 Å². The van der Waals surface area contributed by atoms with Gasteiger partial charge in [0.1, 0.15) is 5.60 Å². The molecule has 0 aliphatic heterocycles. The van der Waals surface area contributed by atoms with E-state index in [1.54, 1.807) is 18.5 Å². The Morgan fingerprint density at radius 2 is 2.00 bits per heavy atom. The van der Waals surface area contributed by atoms with Gasteiger partial charge in [-0.25, -0.2) is 0 Å². The maximum atomic E-state index is 12.5. The minimum absolute atomic E-state index is 0.217. The number of hydrogen-bond acceptors (Lipinski definition) is 3. The van der Waals surface area contributed by atoms with Crippen LogP contribution in [0.1, 0.15) is 37.0 Å². The number of benzene rings is 1. The van der Waals surface area contributed by atoms with Crippen molar-refractivity contribution in [1.82, 2.24) is 4.98 Å². The molecule has 2 aromatic rings. The number of ketones is 1. The predicted molar refractivity (Wildman–Crippen MR) is 71.6 cm³/mol. The van der Waals surface area contributed by atoms with Crippen LogP contribution in [-0.4, -0.2) is 21.5 Å². The molecular formula is C15H17NO2. The molecule has 0 aliphatic carbocycles. The molecule has 0 saturated carbocycles. The van der Waals surface area contributed by atoms with Crippen LogP contribution in [0, 0.1) is 0 Å². The van der Waals surface area contributed by atoms with Crippen molar-refractivity contribution in [3.8, 4) is 0 Å². The topological polar surface area (TPSA) is 50.2 Å². The molecule has 1 aromatic carbocycles. The maximum Gasteiger partial charge on any atom is 0.194 e. The number of nitrogens with zero attached hydrogens (tertiary/aromatic N) is 1. The Bertz CT molecular complexity index is 568. The van der Waals surface area contributed by atoms with E-state index < -0.39 is 5.60 Å². The van der Waals surface area contributed by atoms with Gasteiger partial charge in [-0.2, -0.15) is 0 Å². The van der Waals surface area contributed by atoms with E-state index in [4.69, 9.17) is 0 Å². The number of hydrogen-bond donors (Lipinski definition) is 1. The molecule has 3 nitrogen and oxygen atoms in total. The minimum Gasteiger partial charge on any atom is -0.382 e. The SMILES string of the molecule is CCC(O)(CC)C(=O)c1cccc2ccncc12. The number of carbonyl (C=O) groups is 1. The number of aliphatic hydroxyl groups is 1. The van der Waals surface area contributed by atoms with Crippen LogP contribution in [0.5, 0.6) is 0 Å². The monoisotopic (exact) mass is 243 g/mol. The molecule has 94 valence electrons. The molecule has 0 atom stereocenters. The highest BCUT2D eigenvalue weighted by atomic mass is 16.3. The minimum atomic E-state index is -1.27. The summed E-state index contributed by atoms with van der Waals surface area (Å²) in [7, 11) is 0. The van der Waals surface area contributed by atoms with E-state index in [0.29, 0.717) is 18.4 Å². The lowest BCUT2D eigenvalue weighted by Gasteiger charge is -2.24. The van der Waals surface area contributed by atoms with Crippen LogP contribution >= 0.6 is 0 Å². The quantitative estimate of drug-likeness (QED) is 0.840. The third-order valence-electron chi connectivity index (χ3n) is 3.52. The largest absolute Gasteiger partial charge is 0.382 e. The molecule has 1 heterocycles. The van der Waals surface area contributed by atoms with Gasteiger partial charge in [0, 0.05) is 23.3 Å². The summed E-state index contributed by atoms with van der Waals surface area (Å²) in [4.78, 5) is 16.5. The van der Waals surface area contributed by atoms with Crippen LogP contribution in [0.4, 0.5) is 0 Å². The number of rotatable bonds is 4. The van der Waals surface area contributed by atoms with Gasteiger partial charge in [-0.15, -0.1) is 0 Å². The van der Waals surface area contributed by atoms with Crippen molar-refractivity contribution < 1.29 is 9.90 Å². The Morgan fingerprint density at radius 3 is 2.67 bits per heavy atom. The number of aromatic nitrogens is 1. The van der Waals surface area contributed by atoms with Crippen molar-refractivity contribution in [2.24, 2.45) is 0 Å². The summed E-state index contributed by atoms with van der Waals surface area (Å²) in [5, 5.41) is 12.1. The van der Waals surface area contributed by atoms with Crippen LogP contribution in [0.2, 0.25) is 0 Å². The van der Waals surface area contributed by atoms with Gasteiger partial charge in [-0.3, -0.25) is 9.78 Å². The maximum absolute atomic E-state index is 12.5. The van der Waals surface area contributed by atoms with Gasteiger partial charge in [0.2, 0.25) is 0 Å². The van der Waals surface area contributed by atoms with Crippen molar-refractivity contribution in [3.63, 3.8) is 0 Å². The third-order valence-corrected chi connectivity index (χ3v) is 3.52. The van der Waals surface area contributed by atoms with Gasteiger partial charge in [-0.05, 0) is 24.3 Å². The zero-order valence-corrected chi connectivity index (χ0v) is 10.7. The number of pyridine rings is 1. The Labute approximate surface area is 106 Å². The lowest BCUT2D eigenvalue weighted by molar-refractivity contribution is 0.0279. The smallest absolute Gasteiger partial charge is 0.194 e. The Kier molecular flexibility index (Phi) is 3.43. The van der Waals surface area contributed by atoms with E-state index in [2.05, 4.69) is 4.98 Å². The van der Waals surface area contributed by atoms with Gasteiger partial charge >= 0.3 is 0 Å². The lowest BCUT2D eigenvalue weighted by Crippen LogP contribution is -2.37. The first kappa shape index (κ1) is 12.7. The van der Waals surface area contributed by atoms with Gasteiger partial charge in [-0.1, -0.05) is 32.0 Å². The molecule has 0 aliphatic rings. The van der Waals surface area contributed by atoms with Crippen LogP contribution in [-0.2, 0) is 0 Å². The summed E-state index contributed by atoms with van der Waals surface area (Å²) in [6.45, 7) is 3.65. The van der Waals surface area contributed by atoms with E-state index in [1.807, 2.05) is 32.0 Å². The van der Waals surface area contributed by atoms with Crippen molar-refractivity contribution >= 4 is 16.6 Å². The highest BCUT2D eigenvalue weighted by molar-refractivity contribution is 6.11. The molecule has 1 N–H and O–H groups in total. The van der Waals surface area contributed by atoms with Crippen LogP contribution in [0.25, 0.3) is 10.8 Å². The molecule has 0 spiro atoms. The Hall–Kier alpha value is -1.74. The van der Waals surface area contributed by atoms with Gasteiger partial charge in [0.05, 0.1) is 0 Å². The summed E-state index contributed by atoms with van der Waals surface area (Å²) in [6, 6.07) is 7.39. The van der Waals surface area contributed by atoms with Crippen molar-refractivity contribution in [2.75, 3.05) is 0 Å². The summed E-state index contributed by atoms with van der Waals surface area (Å²) < 4.78 is 0. The number of carbonyl (C=O) groups excluding carboxylic acids is 1. The molecule has 0 radical (unpaired) electrons. The van der Waals surface area contributed by atoms with Gasteiger partial charge < -0.3 is 5.11 Å². The first-order valence-electron chi connectivity index (χ1n) is 6.22. The van der Waals surface area contributed by atoms with Gasteiger partial charge in [0.25, 0.3) is 0 Å². The van der Waals surface area contributed by atoms with Crippen molar-refractivity contribution in [2.45, 2.75) is 32.3 Å². The molecule has 2 rings (SSSR count). The van der Waals surface area contributed by atoms with Crippen LogP contribution in [0.3, 0.4) is 0 Å². The van der Waals surface area contributed by atoms with E-state index in [9.17, 15) is 9.90 Å². The first-order chi connectivity index (χ1) is 8.62. The molecule has 0 amide bonds. The Morgan fingerprint density at radius 1 is 1.28 bits per heavy atom. The Balaban J connectivity index is 2.58. The van der Waals surface area contributed by atoms with E-state index in [1.165, 1.54) is 0 Å². The second kappa shape index (κ2) is 4.86. The van der Waals surface area contributed by atoms with Crippen LogP contribution < -0.4 is 0 Å². The highest BCUT2D eigenvalue weighted by Gasteiger charge is 2.33. The molecule has 0 bridgehead atoms. The van der Waals surface area contributed by atoms with Crippen LogP contribution in [0.15, 0.2) is 36.7 Å². The average molecular weight is 243 g/mol. The number of fused-ring (bicyclic) bond motifs is 1.